The van der Waals surface area contributed by atoms with Gasteiger partial charge >= 0.3 is 0 Å². The Labute approximate surface area is 235 Å². The van der Waals surface area contributed by atoms with Crippen molar-refractivity contribution in [3.05, 3.63) is 133 Å². The highest BCUT2D eigenvalue weighted by Gasteiger charge is 2.34. The van der Waals surface area contributed by atoms with Gasteiger partial charge in [0.2, 0.25) is 0 Å². The fraction of sp³-hybridized carbons (Fsp3) is 0.176. The molecule has 3 nitrogen and oxygen atoms in total. The molecule has 1 aliphatic rings. The second-order valence-corrected chi connectivity index (χ2v) is 14.0. The smallest absolute Gasteiger partial charge is 0.118 e. The lowest BCUT2D eigenvalue weighted by molar-refractivity contribution is 0.380. The van der Waals surface area contributed by atoms with Gasteiger partial charge in [0.25, 0.3) is 0 Å². The molecule has 0 fully saturated rings. The van der Waals surface area contributed by atoms with E-state index in [4.69, 9.17) is 9.47 Å². The Morgan fingerprint density at radius 3 is 1.54 bits per heavy atom. The second kappa shape index (κ2) is 12.8. The number of nitrogens with zero attached hydrogens (tertiary/aromatic N) is 1. The van der Waals surface area contributed by atoms with Gasteiger partial charge in [-0.2, -0.15) is 0 Å². The van der Waals surface area contributed by atoms with Crippen LogP contribution < -0.4 is 30.7 Å². The van der Waals surface area contributed by atoms with Gasteiger partial charge in [0.1, 0.15) is 11.5 Å². The molecule has 0 aromatic heterocycles. The van der Waals surface area contributed by atoms with Crippen LogP contribution in [0.2, 0.25) is 0 Å². The summed E-state index contributed by atoms with van der Waals surface area (Å²) in [4.78, 5) is 0. The number of methoxy groups -OCH3 is 2. The van der Waals surface area contributed by atoms with Crippen LogP contribution in [0.3, 0.4) is 0 Å². The van der Waals surface area contributed by atoms with Gasteiger partial charge in [0.15, 0.2) is 0 Å². The molecule has 1 aliphatic carbocycles. The molecule has 198 valence electrons. The van der Waals surface area contributed by atoms with Gasteiger partial charge < -0.3 is 9.47 Å². The summed E-state index contributed by atoms with van der Waals surface area (Å²) >= 11 is 0. The van der Waals surface area contributed by atoms with Gasteiger partial charge in [-0.15, -0.1) is 0 Å². The number of ether oxygens (including phenoxy) is 2. The van der Waals surface area contributed by atoms with E-state index in [9.17, 15) is 0 Å². The third kappa shape index (κ3) is 6.02. The van der Waals surface area contributed by atoms with E-state index < -0.39 is 16.0 Å². The molecule has 0 bridgehead atoms. The van der Waals surface area contributed by atoms with Gasteiger partial charge in [0, 0.05) is 20.0 Å². The third-order valence-electron chi connectivity index (χ3n) is 7.27. The Morgan fingerprint density at radius 2 is 1.10 bits per heavy atom. The fourth-order valence-electron chi connectivity index (χ4n) is 5.09. The Balaban J connectivity index is 1.51. The molecule has 0 N–H and O–H groups in total. The fourth-order valence-corrected chi connectivity index (χ4v) is 10.2. The molecule has 0 saturated heterocycles. The highest BCUT2D eigenvalue weighted by atomic mass is 31.1. The summed E-state index contributed by atoms with van der Waals surface area (Å²) in [6.45, 7) is 2.38. The van der Waals surface area contributed by atoms with Crippen molar-refractivity contribution in [3.63, 3.8) is 0 Å². The number of benzene rings is 4. The van der Waals surface area contributed by atoms with Crippen molar-refractivity contribution in [1.82, 2.24) is 4.67 Å². The molecule has 0 aliphatic heterocycles. The third-order valence-corrected chi connectivity index (χ3v) is 12.4. The minimum absolute atomic E-state index is 0.280. The number of hydrogen-bond donors (Lipinski definition) is 0. The summed E-state index contributed by atoms with van der Waals surface area (Å²) in [7, 11) is 4.29. The highest BCUT2D eigenvalue weighted by molar-refractivity contribution is 7.76. The van der Waals surface area contributed by atoms with Gasteiger partial charge in [-0.3, -0.25) is 4.67 Å². The molecule has 0 radical (unpaired) electrons. The van der Waals surface area contributed by atoms with Gasteiger partial charge in [-0.1, -0.05) is 78.9 Å². The topological polar surface area (TPSA) is 21.7 Å². The lowest BCUT2D eigenvalue weighted by Gasteiger charge is -2.38. The predicted octanol–water partition coefficient (Wildman–Crippen LogP) is 6.57. The SMILES string of the molecule is COc1ccc(P(c2ccc(OC)cc2)N(C)[C@H](C)C2C=CC=C2P(c2ccccc2)c2ccccc2)cc1. The maximum atomic E-state index is 5.46. The zero-order valence-corrected chi connectivity index (χ0v) is 24.7. The van der Waals surface area contributed by atoms with Crippen LogP contribution in [-0.4, -0.2) is 32.0 Å². The first-order chi connectivity index (χ1) is 19.1. The van der Waals surface area contributed by atoms with E-state index >= 15 is 0 Å². The van der Waals surface area contributed by atoms with Crippen LogP contribution in [0.4, 0.5) is 0 Å². The van der Waals surface area contributed by atoms with Crippen LogP contribution in [0.15, 0.2) is 133 Å². The maximum absolute atomic E-state index is 5.46. The largest absolute Gasteiger partial charge is 0.497 e. The average Bonchev–Trinajstić information content (AvgIpc) is 3.48. The molecule has 4 aromatic rings. The normalized spacial score (nSPS) is 15.6. The maximum Gasteiger partial charge on any atom is 0.118 e. The van der Waals surface area contributed by atoms with E-state index in [1.807, 2.05) is 0 Å². The molecule has 0 spiro atoms. The molecule has 0 heterocycles. The Kier molecular flexibility index (Phi) is 8.95. The molecule has 0 amide bonds. The van der Waals surface area contributed by atoms with E-state index in [0.29, 0.717) is 5.92 Å². The molecule has 4 aromatic carbocycles. The van der Waals surface area contributed by atoms with Crippen molar-refractivity contribution in [3.8, 4) is 11.5 Å². The highest BCUT2D eigenvalue weighted by Crippen LogP contribution is 2.52. The Morgan fingerprint density at radius 1 is 0.641 bits per heavy atom. The lowest BCUT2D eigenvalue weighted by Crippen LogP contribution is -2.37. The van der Waals surface area contributed by atoms with Crippen molar-refractivity contribution in [2.45, 2.75) is 13.0 Å². The predicted molar refractivity (Wildman–Crippen MR) is 169 cm³/mol. The summed E-state index contributed by atoms with van der Waals surface area (Å²) in [5.74, 6) is 2.06. The summed E-state index contributed by atoms with van der Waals surface area (Å²) in [5.41, 5.74) is 0. The molecule has 1 unspecified atom stereocenters. The lowest BCUT2D eigenvalue weighted by atomic mass is 10.0. The molecule has 0 saturated carbocycles. The van der Waals surface area contributed by atoms with Crippen molar-refractivity contribution < 1.29 is 9.47 Å². The number of hydrogen-bond acceptors (Lipinski definition) is 3. The molecular weight excluding hydrogens is 516 g/mol. The molecule has 2 atom stereocenters. The molecule has 5 heteroatoms. The van der Waals surface area contributed by atoms with Crippen LogP contribution in [0.25, 0.3) is 0 Å². The number of rotatable bonds is 10. The Hall–Kier alpha value is -3.22. The summed E-state index contributed by atoms with van der Waals surface area (Å²) in [5, 5.41) is 6.88. The van der Waals surface area contributed by atoms with Gasteiger partial charge in [-0.05, 0) is 97.0 Å². The van der Waals surface area contributed by atoms with E-state index in [2.05, 4.69) is 146 Å². The summed E-state index contributed by atoms with van der Waals surface area (Å²) in [6, 6.07) is 39.4. The van der Waals surface area contributed by atoms with Crippen LogP contribution in [0.1, 0.15) is 6.92 Å². The van der Waals surface area contributed by atoms with E-state index in [1.54, 1.807) is 14.2 Å². The first kappa shape index (κ1) is 27.4. The zero-order chi connectivity index (χ0) is 27.2. The second-order valence-electron chi connectivity index (χ2n) is 9.53. The van der Waals surface area contributed by atoms with Crippen LogP contribution in [0, 0.1) is 5.92 Å². The van der Waals surface area contributed by atoms with E-state index in [1.165, 1.54) is 26.5 Å². The first-order valence-electron chi connectivity index (χ1n) is 13.2. The quantitative estimate of drug-likeness (QED) is 0.208. The Bertz CT molecular complexity index is 1320. The van der Waals surface area contributed by atoms with Crippen molar-refractivity contribution in [1.29, 1.82) is 0 Å². The van der Waals surface area contributed by atoms with Crippen molar-refractivity contribution in [2.24, 2.45) is 5.92 Å². The van der Waals surface area contributed by atoms with E-state index in [0.717, 1.165) is 11.5 Å². The number of allylic oxidation sites excluding steroid dienone is 2. The summed E-state index contributed by atoms with van der Waals surface area (Å²) < 4.78 is 13.5. The van der Waals surface area contributed by atoms with Crippen LogP contribution in [-0.2, 0) is 0 Å². The molecule has 5 rings (SSSR count). The molecule has 39 heavy (non-hydrogen) atoms. The van der Waals surface area contributed by atoms with Crippen LogP contribution >= 0.6 is 16.0 Å². The minimum Gasteiger partial charge on any atom is -0.497 e. The first-order valence-corrected chi connectivity index (χ1v) is 15.8. The van der Waals surface area contributed by atoms with Crippen LogP contribution in [0.5, 0.6) is 11.5 Å². The van der Waals surface area contributed by atoms with Crippen molar-refractivity contribution in [2.75, 3.05) is 21.3 Å². The average molecular weight is 552 g/mol. The van der Waals surface area contributed by atoms with Gasteiger partial charge in [0.05, 0.1) is 14.2 Å². The molecular formula is C34H35NO2P2. The van der Waals surface area contributed by atoms with Gasteiger partial charge in [-0.25, -0.2) is 0 Å². The standard InChI is InChI=1S/C34H35NO2P2/c1-26(33-16-11-17-34(33)38(29-12-7-5-8-13-29)30-14-9-6-10-15-30)35(2)39(31-22-18-27(36-3)19-23-31)32-24-20-28(37-4)21-25-32/h5-26,33H,1-4H3/t26-,33?/m1/s1. The monoisotopic (exact) mass is 551 g/mol. The van der Waals surface area contributed by atoms with E-state index in [-0.39, 0.29) is 6.04 Å². The summed E-state index contributed by atoms with van der Waals surface area (Å²) in [6.07, 6.45) is 7.02. The van der Waals surface area contributed by atoms with Crippen molar-refractivity contribution >= 4 is 37.2 Å². The zero-order valence-electron chi connectivity index (χ0n) is 22.9. The minimum atomic E-state index is -0.781.